The van der Waals surface area contributed by atoms with Crippen LogP contribution in [0.4, 0.5) is 10.5 Å². The van der Waals surface area contributed by atoms with Gasteiger partial charge >= 0.3 is 11.7 Å². The third-order valence-corrected chi connectivity index (χ3v) is 2.94. The first-order valence-corrected chi connectivity index (χ1v) is 6.64. The summed E-state index contributed by atoms with van der Waals surface area (Å²) in [6.07, 6.45) is 1.22. The molecule has 0 heterocycles. The molecular formula is C14H11ClN4O4. The van der Waals surface area contributed by atoms with Crippen molar-refractivity contribution in [1.29, 1.82) is 0 Å². The lowest BCUT2D eigenvalue weighted by atomic mass is 10.2. The highest BCUT2D eigenvalue weighted by atomic mass is 35.5. The number of urea groups is 1. The van der Waals surface area contributed by atoms with Gasteiger partial charge in [0.15, 0.2) is 0 Å². The zero-order valence-electron chi connectivity index (χ0n) is 11.6. The van der Waals surface area contributed by atoms with Gasteiger partial charge in [0.2, 0.25) is 5.75 Å². The second kappa shape index (κ2) is 7.23. The summed E-state index contributed by atoms with van der Waals surface area (Å²) in [5.41, 5.74) is 6.96. The molecule has 9 heteroatoms. The van der Waals surface area contributed by atoms with E-state index in [1.54, 1.807) is 24.3 Å². The number of carbonyl (C=O) groups is 1. The lowest BCUT2D eigenvalue weighted by Gasteiger charge is -2.08. The van der Waals surface area contributed by atoms with Crippen molar-refractivity contribution in [2.24, 2.45) is 10.8 Å². The van der Waals surface area contributed by atoms with Crippen LogP contribution in [0.15, 0.2) is 47.6 Å². The van der Waals surface area contributed by atoms with Crippen LogP contribution in [0.3, 0.4) is 0 Å². The normalized spacial score (nSPS) is 10.5. The Labute approximate surface area is 135 Å². The number of ether oxygens (including phenoxy) is 1. The van der Waals surface area contributed by atoms with Gasteiger partial charge in [-0.25, -0.2) is 10.2 Å². The molecule has 3 N–H and O–H groups in total. The number of hydrogen-bond donors (Lipinski definition) is 2. The number of hydrazone groups is 1. The van der Waals surface area contributed by atoms with Crippen LogP contribution in [-0.2, 0) is 0 Å². The van der Waals surface area contributed by atoms with Gasteiger partial charge in [0.05, 0.1) is 16.2 Å². The molecule has 0 aliphatic carbocycles. The summed E-state index contributed by atoms with van der Waals surface area (Å²) in [6.45, 7) is 0. The molecule has 0 bridgehead atoms. The van der Waals surface area contributed by atoms with Crippen molar-refractivity contribution in [1.82, 2.24) is 5.43 Å². The van der Waals surface area contributed by atoms with Gasteiger partial charge in [-0.15, -0.1) is 0 Å². The molecule has 0 aliphatic heterocycles. The molecule has 0 saturated heterocycles. The molecule has 2 amide bonds. The zero-order valence-corrected chi connectivity index (χ0v) is 12.4. The van der Waals surface area contributed by atoms with E-state index in [-0.39, 0.29) is 11.4 Å². The Morgan fingerprint density at radius 3 is 2.70 bits per heavy atom. The monoisotopic (exact) mass is 334 g/mol. The Balaban J connectivity index is 2.30. The summed E-state index contributed by atoms with van der Waals surface area (Å²) in [5.74, 6) is 0.331. The van der Waals surface area contributed by atoms with Crippen molar-refractivity contribution in [2.45, 2.75) is 0 Å². The standard InChI is InChI=1S/C14H11ClN4O4/c15-10-3-1-2-4-12(10)23-13-6-5-9(7-11(13)19(21)22)8-17-18-14(16)20/h1-8H,(H3,16,18,20)/b17-8-. The van der Waals surface area contributed by atoms with Gasteiger partial charge in [-0.3, -0.25) is 10.1 Å². The summed E-state index contributed by atoms with van der Waals surface area (Å²) >= 11 is 5.97. The molecule has 0 radical (unpaired) electrons. The van der Waals surface area contributed by atoms with Crippen molar-refractivity contribution in [2.75, 3.05) is 0 Å². The highest BCUT2D eigenvalue weighted by Gasteiger charge is 2.17. The summed E-state index contributed by atoms with van der Waals surface area (Å²) in [6, 6.07) is 9.97. The quantitative estimate of drug-likeness (QED) is 0.496. The molecule has 118 valence electrons. The molecule has 0 saturated carbocycles. The van der Waals surface area contributed by atoms with E-state index < -0.39 is 11.0 Å². The number of nitro benzene ring substituents is 1. The van der Waals surface area contributed by atoms with Crippen LogP contribution in [0.5, 0.6) is 11.5 Å². The molecular weight excluding hydrogens is 324 g/mol. The van der Waals surface area contributed by atoms with Crippen molar-refractivity contribution in [3.05, 3.63) is 63.2 Å². The lowest BCUT2D eigenvalue weighted by Crippen LogP contribution is -2.24. The van der Waals surface area contributed by atoms with Crippen LogP contribution in [0.1, 0.15) is 5.56 Å². The summed E-state index contributed by atoms with van der Waals surface area (Å²) in [4.78, 5) is 21.1. The van der Waals surface area contributed by atoms with E-state index in [0.29, 0.717) is 16.3 Å². The first-order valence-electron chi connectivity index (χ1n) is 6.26. The number of halogens is 1. The molecule has 0 unspecified atom stereocenters. The number of hydrogen-bond acceptors (Lipinski definition) is 5. The third kappa shape index (κ3) is 4.42. The fourth-order valence-corrected chi connectivity index (χ4v) is 1.83. The van der Waals surface area contributed by atoms with Gasteiger partial charge in [0.1, 0.15) is 5.75 Å². The highest BCUT2D eigenvalue weighted by Crippen LogP contribution is 2.34. The number of amides is 2. The number of benzene rings is 2. The summed E-state index contributed by atoms with van der Waals surface area (Å²) < 4.78 is 5.49. The van der Waals surface area contributed by atoms with Gasteiger partial charge in [-0.05, 0) is 24.3 Å². The first-order chi connectivity index (χ1) is 11.0. The maximum atomic E-state index is 11.2. The molecule has 0 aliphatic rings. The molecule has 2 aromatic rings. The van der Waals surface area contributed by atoms with Crippen LogP contribution in [0.25, 0.3) is 0 Å². The fraction of sp³-hybridized carbons (Fsp3) is 0. The predicted molar refractivity (Wildman–Crippen MR) is 84.9 cm³/mol. The minimum atomic E-state index is -0.838. The number of nitrogens with two attached hydrogens (primary N) is 1. The third-order valence-electron chi connectivity index (χ3n) is 2.62. The highest BCUT2D eigenvalue weighted by molar-refractivity contribution is 6.32. The Bertz CT molecular complexity index is 779. The lowest BCUT2D eigenvalue weighted by molar-refractivity contribution is -0.385. The van der Waals surface area contributed by atoms with E-state index in [9.17, 15) is 14.9 Å². The van der Waals surface area contributed by atoms with E-state index in [1.807, 2.05) is 5.43 Å². The van der Waals surface area contributed by atoms with Crippen molar-refractivity contribution < 1.29 is 14.5 Å². The SMILES string of the molecule is NC(=O)N/N=C\c1ccc(Oc2ccccc2Cl)c([N+](=O)[O-])c1. The van der Waals surface area contributed by atoms with E-state index in [0.717, 1.165) is 0 Å². The topological polar surface area (TPSA) is 120 Å². The Hall–Kier alpha value is -3.13. The first kappa shape index (κ1) is 16.2. The van der Waals surface area contributed by atoms with E-state index in [2.05, 4.69) is 5.10 Å². The number of nitro groups is 1. The Morgan fingerprint density at radius 1 is 1.30 bits per heavy atom. The smallest absolute Gasteiger partial charge is 0.332 e. The Morgan fingerprint density at radius 2 is 2.04 bits per heavy atom. The number of nitrogens with zero attached hydrogens (tertiary/aromatic N) is 2. The largest absolute Gasteiger partial charge is 0.449 e. The predicted octanol–water partition coefficient (Wildman–Crippen LogP) is 3.04. The molecule has 2 rings (SSSR count). The van der Waals surface area contributed by atoms with Crippen LogP contribution in [-0.4, -0.2) is 17.2 Å². The molecule has 0 atom stereocenters. The maximum Gasteiger partial charge on any atom is 0.332 e. The molecule has 0 spiro atoms. The molecule has 8 nitrogen and oxygen atoms in total. The number of para-hydroxylation sites is 1. The van der Waals surface area contributed by atoms with Crippen molar-refractivity contribution in [3.8, 4) is 11.5 Å². The van der Waals surface area contributed by atoms with Gasteiger partial charge < -0.3 is 10.5 Å². The average Bonchev–Trinajstić information content (AvgIpc) is 2.50. The average molecular weight is 335 g/mol. The Kier molecular flexibility index (Phi) is 5.11. The second-order valence-corrected chi connectivity index (χ2v) is 4.66. The number of rotatable bonds is 5. The fourth-order valence-electron chi connectivity index (χ4n) is 1.66. The van der Waals surface area contributed by atoms with Crippen LogP contribution < -0.4 is 15.9 Å². The number of carbonyl (C=O) groups excluding carboxylic acids is 1. The van der Waals surface area contributed by atoms with Gasteiger partial charge in [0, 0.05) is 11.6 Å². The van der Waals surface area contributed by atoms with Gasteiger partial charge in [0.25, 0.3) is 0 Å². The number of nitrogens with one attached hydrogen (secondary N) is 1. The minimum absolute atomic E-state index is 0.0307. The number of primary amides is 1. The van der Waals surface area contributed by atoms with E-state index in [4.69, 9.17) is 22.1 Å². The zero-order chi connectivity index (χ0) is 16.8. The summed E-state index contributed by atoms with van der Waals surface area (Å²) in [7, 11) is 0. The van der Waals surface area contributed by atoms with Crippen molar-refractivity contribution >= 4 is 29.5 Å². The van der Waals surface area contributed by atoms with Crippen LogP contribution >= 0.6 is 11.6 Å². The van der Waals surface area contributed by atoms with E-state index >= 15 is 0 Å². The van der Waals surface area contributed by atoms with Crippen molar-refractivity contribution in [3.63, 3.8) is 0 Å². The second-order valence-electron chi connectivity index (χ2n) is 4.25. The molecule has 2 aromatic carbocycles. The van der Waals surface area contributed by atoms with Gasteiger partial charge in [-0.1, -0.05) is 23.7 Å². The van der Waals surface area contributed by atoms with Crippen LogP contribution in [0, 0.1) is 10.1 Å². The maximum absolute atomic E-state index is 11.2. The molecule has 0 aromatic heterocycles. The molecule has 0 fully saturated rings. The minimum Gasteiger partial charge on any atom is -0.449 e. The van der Waals surface area contributed by atoms with Crippen LogP contribution in [0.2, 0.25) is 5.02 Å². The van der Waals surface area contributed by atoms with E-state index in [1.165, 1.54) is 24.4 Å². The molecule has 23 heavy (non-hydrogen) atoms. The van der Waals surface area contributed by atoms with Gasteiger partial charge in [-0.2, -0.15) is 5.10 Å². The summed E-state index contributed by atoms with van der Waals surface area (Å²) in [5, 5.41) is 15.1.